The van der Waals surface area contributed by atoms with Crippen LogP contribution in [0.4, 0.5) is 5.82 Å². The summed E-state index contributed by atoms with van der Waals surface area (Å²) >= 11 is 0. The molecule has 1 amide bonds. The molecule has 1 rings (SSSR count). The summed E-state index contributed by atoms with van der Waals surface area (Å²) in [6, 6.07) is 3.69. The van der Waals surface area contributed by atoms with E-state index < -0.39 is 0 Å². The number of aromatic nitrogens is 2. The Kier molecular flexibility index (Phi) is 5.73. The number of hydrogen-bond acceptors (Lipinski definition) is 4. The zero-order valence-corrected chi connectivity index (χ0v) is 12.5. The average Bonchev–Trinajstić information content (AvgIpc) is 2.43. The van der Waals surface area contributed by atoms with Crippen LogP contribution in [0.5, 0.6) is 0 Å². The van der Waals surface area contributed by atoms with Crippen LogP contribution < -0.4 is 5.32 Å². The molecule has 1 aromatic rings. The second-order valence-corrected chi connectivity index (χ2v) is 5.13. The number of anilines is 1. The number of rotatable bonds is 6. The Hall–Kier alpha value is -1.65. The van der Waals surface area contributed by atoms with Gasteiger partial charge in [0.1, 0.15) is 5.82 Å². The molecule has 0 aliphatic carbocycles. The molecule has 0 saturated carbocycles. The molecule has 0 aromatic carbocycles. The molecule has 0 radical (unpaired) electrons. The van der Waals surface area contributed by atoms with Crippen LogP contribution in [-0.4, -0.2) is 40.6 Å². The Morgan fingerprint density at radius 3 is 2.47 bits per heavy atom. The molecule has 1 atom stereocenters. The minimum Gasteiger partial charge on any atom is -0.369 e. The van der Waals surface area contributed by atoms with E-state index in [1.807, 2.05) is 6.92 Å². The van der Waals surface area contributed by atoms with Crippen molar-refractivity contribution in [2.75, 3.05) is 18.9 Å². The number of carbonyl (C=O) groups is 1. The van der Waals surface area contributed by atoms with Crippen LogP contribution in [0.15, 0.2) is 12.1 Å². The summed E-state index contributed by atoms with van der Waals surface area (Å²) in [4.78, 5) is 13.9. The van der Waals surface area contributed by atoms with Crippen LogP contribution in [-0.2, 0) is 0 Å². The van der Waals surface area contributed by atoms with E-state index in [1.165, 1.54) is 0 Å². The third-order valence-electron chi connectivity index (χ3n) is 3.34. The number of carbonyl (C=O) groups excluding carboxylic acids is 1. The van der Waals surface area contributed by atoms with E-state index in [9.17, 15) is 4.79 Å². The van der Waals surface area contributed by atoms with Crippen molar-refractivity contribution in [2.45, 2.75) is 40.2 Å². The quantitative estimate of drug-likeness (QED) is 0.857. The lowest BCUT2D eigenvalue weighted by Gasteiger charge is -2.27. The summed E-state index contributed by atoms with van der Waals surface area (Å²) in [5.74, 6) is 1.03. The van der Waals surface area contributed by atoms with Gasteiger partial charge < -0.3 is 10.2 Å². The van der Waals surface area contributed by atoms with Crippen molar-refractivity contribution in [3.05, 3.63) is 17.8 Å². The van der Waals surface area contributed by atoms with Crippen LogP contribution in [0.2, 0.25) is 0 Å². The van der Waals surface area contributed by atoms with Crippen LogP contribution >= 0.6 is 0 Å². The highest BCUT2D eigenvalue weighted by Gasteiger charge is 2.21. The number of nitrogens with one attached hydrogen (secondary N) is 1. The highest BCUT2D eigenvalue weighted by molar-refractivity contribution is 5.92. The van der Waals surface area contributed by atoms with Gasteiger partial charge in [-0.05, 0) is 31.4 Å². The average molecular weight is 264 g/mol. The molecule has 0 bridgehead atoms. The SMILES string of the molecule is CCCNc1ccc(C(=O)N(C)C(C)C(C)C)nn1. The summed E-state index contributed by atoms with van der Waals surface area (Å²) in [5, 5.41) is 11.1. The van der Waals surface area contributed by atoms with Crippen LogP contribution in [0.1, 0.15) is 44.6 Å². The van der Waals surface area contributed by atoms with Crippen molar-refractivity contribution in [1.82, 2.24) is 15.1 Å². The molecule has 5 nitrogen and oxygen atoms in total. The lowest BCUT2D eigenvalue weighted by atomic mass is 10.1. The number of amides is 1. The first-order valence-corrected chi connectivity index (χ1v) is 6.82. The molecule has 0 fully saturated rings. The van der Waals surface area contributed by atoms with Gasteiger partial charge in [0, 0.05) is 19.6 Å². The van der Waals surface area contributed by atoms with Gasteiger partial charge in [-0.2, -0.15) is 0 Å². The second kappa shape index (κ2) is 7.07. The van der Waals surface area contributed by atoms with Gasteiger partial charge in [-0.3, -0.25) is 4.79 Å². The van der Waals surface area contributed by atoms with E-state index in [4.69, 9.17) is 0 Å². The molecule has 0 spiro atoms. The van der Waals surface area contributed by atoms with Gasteiger partial charge in [-0.1, -0.05) is 20.8 Å². The molecular formula is C14H24N4O. The largest absolute Gasteiger partial charge is 0.369 e. The van der Waals surface area contributed by atoms with Gasteiger partial charge in [0.2, 0.25) is 0 Å². The maximum Gasteiger partial charge on any atom is 0.274 e. The lowest BCUT2D eigenvalue weighted by Crippen LogP contribution is -2.38. The van der Waals surface area contributed by atoms with Crippen LogP contribution in [0, 0.1) is 5.92 Å². The van der Waals surface area contributed by atoms with Gasteiger partial charge in [-0.25, -0.2) is 0 Å². The first kappa shape index (κ1) is 15.4. The highest BCUT2D eigenvalue weighted by atomic mass is 16.2. The minimum absolute atomic E-state index is 0.0873. The lowest BCUT2D eigenvalue weighted by molar-refractivity contribution is 0.0700. The van der Waals surface area contributed by atoms with Crippen molar-refractivity contribution < 1.29 is 4.79 Å². The fraction of sp³-hybridized carbons (Fsp3) is 0.643. The van der Waals surface area contributed by atoms with Crippen LogP contribution in [0.25, 0.3) is 0 Å². The summed E-state index contributed by atoms with van der Waals surface area (Å²) in [5.41, 5.74) is 0.386. The standard InChI is InChI=1S/C14H24N4O/c1-6-9-15-13-8-7-12(16-17-13)14(19)18(5)11(4)10(2)3/h7-8,10-11H,6,9H2,1-5H3,(H,15,17). The Morgan fingerprint density at radius 1 is 1.32 bits per heavy atom. The first-order valence-electron chi connectivity index (χ1n) is 6.82. The fourth-order valence-electron chi connectivity index (χ4n) is 1.61. The Labute approximate surface area is 115 Å². The Morgan fingerprint density at radius 2 is 2.00 bits per heavy atom. The van der Waals surface area contributed by atoms with E-state index in [1.54, 1.807) is 24.1 Å². The van der Waals surface area contributed by atoms with Gasteiger partial charge in [0.15, 0.2) is 5.69 Å². The van der Waals surface area contributed by atoms with Crippen molar-refractivity contribution in [3.63, 3.8) is 0 Å². The zero-order chi connectivity index (χ0) is 14.4. The van der Waals surface area contributed by atoms with Gasteiger partial charge >= 0.3 is 0 Å². The number of hydrogen-bond donors (Lipinski definition) is 1. The normalized spacial score (nSPS) is 12.3. The van der Waals surface area contributed by atoms with Crippen molar-refractivity contribution in [1.29, 1.82) is 0 Å². The molecular weight excluding hydrogens is 240 g/mol. The molecule has 1 aromatic heterocycles. The molecule has 19 heavy (non-hydrogen) atoms. The second-order valence-electron chi connectivity index (χ2n) is 5.13. The van der Waals surface area contributed by atoms with E-state index >= 15 is 0 Å². The zero-order valence-electron chi connectivity index (χ0n) is 12.5. The number of nitrogens with zero attached hydrogens (tertiary/aromatic N) is 3. The highest BCUT2D eigenvalue weighted by Crippen LogP contribution is 2.11. The summed E-state index contributed by atoms with van der Waals surface area (Å²) in [6.45, 7) is 9.16. The summed E-state index contributed by atoms with van der Waals surface area (Å²) in [6.07, 6.45) is 1.02. The molecule has 1 N–H and O–H groups in total. The molecule has 0 aliphatic heterocycles. The minimum atomic E-state index is -0.0873. The molecule has 106 valence electrons. The topological polar surface area (TPSA) is 58.1 Å². The molecule has 1 unspecified atom stereocenters. The summed E-state index contributed by atoms with van der Waals surface area (Å²) in [7, 11) is 1.80. The molecule has 1 heterocycles. The predicted octanol–water partition coefficient (Wildman–Crippen LogP) is 2.42. The fourth-order valence-corrected chi connectivity index (χ4v) is 1.61. The molecule has 0 aliphatic rings. The monoisotopic (exact) mass is 264 g/mol. The smallest absolute Gasteiger partial charge is 0.274 e. The van der Waals surface area contributed by atoms with Crippen LogP contribution in [0.3, 0.4) is 0 Å². The van der Waals surface area contributed by atoms with E-state index in [0.717, 1.165) is 13.0 Å². The van der Waals surface area contributed by atoms with E-state index in [-0.39, 0.29) is 11.9 Å². The van der Waals surface area contributed by atoms with Gasteiger partial charge in [-0.15, -0.1) is 10.2 Å². The molecule has 5 heteroatoms. The van der Waals surface area contributed by atoms with E-state index in [2.05, 4.69) is 36.3 Å². The van der Waals surface area contributed by atoms with Crippen molar-refractivity contribution in [3.8, 4) is 0 Å². The maximum absolute atomic E-state index is 12.2. The Bertz CT molecular complexity index is 402. The third kappa shape index (κ3) is 4.19. The first-order chi connectivity index (χ1) is 8.97. The molecule has 0 saturated heterocycles. The van der Waals surface area contributed by atoms with E-state index in [0.29, 0.717) is 17.4 Å². The third-order valence-corrected chi connectivity index (χ3v) is 3.34. The summed E-state index contributed by atoms with van der Waals surface area (Å²) < 4.78 is 0. The van der Waals surface area contributed by atoms with Crippen molar-refractivity contribution >= 4 is 11.7 Å². The Balaban J connectivity index is 2.72. The van der Waals surface area contributed by atoms with Gasteiger partial charge in [0.05, 0.1) is 0 Å². The van der Waals surface area contributed by atoms with Gasteiger partial charge in [0.25, 0.3) is 5.91 Å². The maximum atomic E-state index is 12.2. The van der Waals surface area contributed by atoms with Crippen molar-refractivity contribution in [2.24, 2.45) is 5.92 Å². The predicted molar refractivity (Wildman–Crippen MR) is 77.2 cm³/mol.